The first-order valence-corrected chi connectivity index (χ1v) is 9.92. The summed E-state index contributed by atoms with van der Waals surface area (Å²) in [6.45, 7) is 11.1. The molecule has 0 aliphatic heterocycles. The Balaban J connectivity index is 1.90. The van der Waals surface area contributed by atoms with Crippen LogP contribution in [0.1, 0.15) is 59.7 Å². The minimum Gasteiger partial charge on any atom is -0.351 e. The molecule has 0 radical (unpaired) electrons. The van der Waals surface area contributed by atoms with E-state index in [1.807, 2.05) is 25.1 Å². The minimum atomic E-state index is -0.304. The standard InChI is InChI=1S/C25H30N2O/c1-18(2)27-19(3)16-23(20(27)4)24(28)26-17-25(5,21-12-8-6-9-13-21)22-14-10-7-11-15-22/h6-16,18H,17H2,1-5H3,(H,26,28). The largest absolute Gasteiger partial charge is 0.351 e. The fourth-order valence-corrected chi connectivity index (χ4v) is 4.14. The molecule has 0 fully saturated rings. The molecule has 2 aromatic carbocycles. The second kappa shape index (κ2) is 8.05. The number of hydrogen-bond donors (Lipinski definition) is 1. The van der Waals surface area contributed by atoms with Gasteiger partial charge in [0.15, 0.2) is 0 Å². The van der Waals surface area contributed by atoms with Crippen LogP contribution in [0.5, 0.6) is 0 Å². The second-order valence-corrected chi connectivity index (χ2v) is 8.00. The van der Waals surface area contributed by atoms with Gasteiger partial charge in [-0.25, -0.2) is 0 Å². The van der Waals surface area contributed by atoms with Crippen LogP contribution in [0.2, 0.25) is 0 Å². The van der Waals surface area contributed by atoms with Crippen LogP contribution in [0, 0.1) is 13.8 Å². The SMILES string of the molecule is Cc1cc(C(=O)NCC(C)(c2ccccc2)c2ccccc2)c(C)n1C(C)C. The average molecular weight is 375 g/mol. The summed E-state index contributed by atoms with van der Waals surface area (Å²) in [5.41, 5.74) is 4.97. The van der Waals surface area contributed by atoms with Gasteiger partial charge in [-0.3, -0.25) is 4.79 Å². The number of rotatable bonds is 6. The Morgan fingerprint density at radius 2 is 1.46 bits per heavy atom. The second-order valence-electron chi connectivity index (χ2n) is 8.00. The molecule has 1 N–H and O–H groups in total. The number of aromatic nitrogens is 1. The van der Waals surface area contributed by atoms with Gasteiger partial charge < -0.3 is 9.88 Å². The summed E-state index contributed by atoms with van der Waals surface area (Å²) in [6.07, 6.45) is 0. The predicted octanol–water partition coefficient (Wildman–Crippen LogP) is 5.42. The molecule has 0 aliphatic rings. The number of nitrogens with one attached hydrogen (secondary N) is 1. The highest BCUT2D eigenvalue weighted by molar-refractivity contribution is 5.95. The van der Waals surface area contributed by atoms with Crippen molar-refractivity contribution in [3.8, 4) is 0 Å². The maximum atomic E-state index is 13.0. The van der Waals surface area contributed by atoms with E-state index < -0.39 is 0 Å². The van der Waals surface area contributed by atoms with E-state index in [1.54, 1.807) is 0 Å². The van der Waals surface area contributed by atoms with Crippen molar-refractivity contribution in [2.24, 2.45) is 0 Å². The fourth-order valence-electron chi connectivity index (χ4n) is 4.14. The highest BCUT2D eigenvalue weighted by Gasteiger charge is 2.30. The summed E-state index contributed by atoms with van der Waals surface area (Å²) in [5.74, 6) is -0.0157. The van der Waals surface area contributed by atoms with Crippen LogP contribution in [-0.4, -0.2) is 17.0 Å². The quantitative estimate of drug-likeness (QED) is 0.614. The molecular weight excluding hydrogens is 344 g/mol. The first-order valence-electron chi connectivity index (χ1n) is 9.92. The predicted molar refractivity (Wildman–Crippen MR) is 116 cm³/mol. The molecule has 0 unspecified atom stereocenters. The molecule has 3 aromatic rings. The van der Waals surface area contributed by atoms with Crippen molar-refractivity contribution in [2.75, 3.05) is 6.54 Å². The van der Waals surface area contributed by atoms with Gasteiger partial charge in [-0.1, -0.05) is 60.7 Å². The van der Waals surface area contributed by atoms with Crippen LogP contribution >= 0.6 is 0 Å². The molecule has 0 aliphatic carbocycles. The van der Waals surface area contributed by atoms with E-state index in [0.29, 0.717) is 12.6 Å². The zero-order valence-electron chi connectivity index (χ0n) is 17.5. The molecule has 3 heteroatoms. The number of nitrogens with zero attached hydrogens (tertiary/aromatic N) is 1. The van der Waals surface area contributed by atoms with E-state index in [2.05, 4.69) is 86.1 Å². The van der Waals surface area contributed by atoms with Crippen LogP contribution in [0.4, 0.5) is 0 Å². The van der Waals surface area contributed by atoms with E-state index in [4.69, 9.17) is 0 Å². The topological polar surface area (TPSA) is 34.0 Å². The van der Waals surface area contributed by atoms with E-state index in [-0.39, 0.29) is 11.3 Å². The molecule has 28 heavy (non-hydrogen) atoms. The van der Waals surface area contributed by atoms with Crippen molar-refractivity contribution in [1.82, 2.24) is 9.88 Å². The van der Waals surface area contributed by atoms with Gasteiger partial charge in [0, 0.05) is 29.4 Å². The number of benzene rings is 2. The summed E-state index contributed by atoms with van der Waals surface area (Å²) in [5, 5.41) is 3.20. The zero-order valence-corrected chi connectivity index (χ0v) is 17.5. The van der Waals surface area contributed by atoms with Gasteiger partial charge in [-0.15, -0.1) is 0 Å². The van der Waals surface area contributed by atoms with Gasteiger partial charge in [0.2, 0.25) is 0 Å². The Morgan fingerprint density at radius 1 is 0.964 bits per heavy atom. The summed E-state index contributed by atoms with van der Waals surface area (Å²) >= 11 is 0. The lowest BCUT2D eigenvalue weighted by Gasteiger charge is -2.31. The summed E-state index contributed by atoms with van der Waals surface area (Å²) in [7, 11) is 0. The van der Waals surface area contributed by atoms with Crippen molar-refractivity contribution < 1.29 is 4.79 Å². The number of hydrogen-bond acceptors (Lipinski definition) is 1. The molecule has 1 heterocycles. The number of carbonyl (C=O) groups excluding carboxylic acids is 1. The van der Waals surface area contributed by atoms with E-state index in [0.717, 1.165) is 17.0 Å². The van der Waals surface area contributed by atoms with Crippen molar-refractivity contribution in [2.45, 2.75) is 46.1 Å². The number of carbonyl (C=O) groups is 1. The molecular formula is C25H30N2O. The number of amides is 1. The van der Waals surface area contributed by atoms with Crippen molar-refractivity contribution in [3.05, 3.63) is 94.8 Å². The smallest absolute Gasteiger partial charge is 0.253 e. The molecule has 3 nitrogen and oxygen atoms in total. The van der Waals surface area contributed by atoms with Gasteiger partial charge >= 0.3 is 0 Å². The monoisotopic (exact) mass is 374 g/mol. The average Bonchev–Trinajstić information content (AvgIpc) is 3.01. The lowest BCUT2D eigenvalue weighted by molar-refractivity contribution is 0.0946. The van der Waals surface area contributed by atoms with Gasteiger partial charge in [-0.2, -0.15) is 0 Å². The molecule has 0 saturated carbocycles. The van der Waals surface area contributed by atoms with Crippen LogP contribution in [0.3, 0.4) is 0 Å². The number of aryl methyl sites for hydroxylation is 1. The molecule has 146 valence electrons. The molecule has 0 saturated heterocycles. The van der Waals surface area contributed by atoms with E-state index >= 15 is 0 Å². The van der Waals surface area contributed by atoms with Crippen LogP contribution < -0.4 is 5.32 Å². The van der Waals surface area contributed by atoms with E-state index in [9.17, 15) is 4.79 Å². The van der Waals surface area contributed by atoms with Gasteiger partial charge in [0.25, 0.3) is 5.91 Å². The molecule has 0 spiro atoms. The Labute approximate surface area is 168 Å². The van der Waals surface area contributed by atoms with Crippen LogP contribution in [-0.2, 0) is 5.41 Å². The first-order chi connectivity index (χ1) is 13.3. The Kier molecular flexibility index (Phi) is 5.73. The highest BCUT2D eigenvalue weighted by Crippen LogP contribution is 2.31. The lowest BCUT2D eigenvalue weighted by Crippen LogP contribution is -2.39. The van der Waals surface area contributed by atoms with Crippen LogP contribution in [0.25, 0.3) is 0 Å². The Morgan fingerprint density at radius 3 is 1.89 bits per heavy atom. The summed E-state index contributed by atoms with van der Waals surface area (Å²) in [4.78, 5) is 13.0. The molecule has 0 atom stereocenters. The fraction of sp³-hybridized carbons (Fsp3) is 0.320. The summed E-state index contributed by atoms with van der Waals surface area (Å²) < 4.78 is 2.21. The molecule has 0 bridgehead atoms. The lowest BCUT2D eigenvalue weighted by atomic mass is 9.76. The normalized spacial score (nSPS) is 11.6. The molecule has 1 aromatic heterocycles. The third kappa shape index (κ3) is 3.75. The minimum absolute atomic E-state index is 0.0157. The molecule has 3 rings (SSSR count). The highest BCUT2D eigenvalue weighted by atomic mass is 16.1. The maximum Gasteiger partial charge on any atom is 0.253 e. The van der Waals surface area contributed by atoms with Crippen molar-refractivity contribution in [3.63, 3.8) is 0 Å². The zero-order chi connectivity index (χ0) is 20.3. The van der Waals surface area contributed by atoms with Crippen molar-refractivity contribution in [1.29, 1.82) is 0 Å². The van der Waals surface area contributed by atoms with Gasteiger partial charge in [0.05, 0.1) is 5.56 Å². The third-order valence-electron chi connectivity index (χ3n) is 5.67. The maximum absolute atomic E-state index is 13.0. The Hall–Kier alpha value is -2.81. The van der Waals surface area contributed by atoms with Gasteiger partial charge in [0.1, 0.15) is 0 Å². The third-order valence-corrected chi connectivity index (χ3v) is 5.67. The van der Waals surface area contributed by atoms with Gasteiger partial charge in [-0.05, 0) is 51.8 Å². The van der Waals surface area contributed by atoms with Crippen molar-refractivity contribution >= 4 is 5.91 Å². The first kappa shape index (κ1) is 19.9. The van der Waals surface area contributed by atoms with Crippen LogP contribution in [0.15, 0.2) is 66.7 Å². The molecule has 1 amide bonds. The summed E-state index contributed by atoms with van der Waals surface area (Å²) in [6, 6.07) is 23.1. The Bertz CT molecular complexity index is 900. The van der Waals surface area contributed by atoms with E-state index in [1.165, 1.54) is 11.1 Å².